The van der Waals surface area contributed by atoms with Crippen LogP contribution in [0.4, 0.5) is 11.6 Å². The van der Waals surface area contributed by atoms with Crippen LogP contribution in [-0.2, 0) is 7.05 Å². The number of aromatic nitrogens is 5. The Balaban J connectivity index is 1.69. The van der Waals surface area contributed by atoms with E-state index in [9.17, 15) is 0 Å². The summed E-state index contributed by atoms with van der Waals surface area (Å²) in [5.74, 6) is 1.13. The molecule has 0 atom stereocenters. The van der Waals surface area contributed by atoms with E-state index >= 15 is 0 Å². The predicted octanol–water partition coefficient (Wildman–Crippen LogP) is 4.22. The van der Waals surface area contributed by atoms with Gasteiger partial charge in [0.2, 0.25) is 5.95 Å². The largest absolute Gasteiger partial charge is 0.492 e. The Morgan fingerprint density at radius 1 is 1.15 bits per heavy atom. The topological polar surface area (TPSA) is 77.8 Å². The zero-order valence-electron chi connectivity index (χ0n) is 14.8. The Labute approximate surface area is 161 Å². The number of nitrogens with zero attached hydrogens (tertiary/aromatic N) is 5. The Kier molecular flexibility index (Phi) is 4.60. The first-order chi connectivity index (χ1) is 13.1. The van der Waals surface area contributed by atoms with E-state index in [2.05, 4.69) is 25.4 Å². The molecule has 136 valence electrons. The van der Waals surface area contributed by atoms with Crippen LogP contribution in [0.25, 0.3) is 22.0 Å². The fraction of sp³-hybridized carbons (Fsp3) is 0.158. The second-order valence-corrected chi connectivity index (χ2v) is 6.26. The van der Waals surface area contributed by atoms with Crippen LogP contribution in [0.5, 0.6) is 5.75 Å². The number of anilines is 2. The Morgan fingerprint density at radius 2 is 2.04 bits per heavy atom. The van der Waals surface area contributed by atoms with Crippen molar-refractivity contribution in [2.45, 2.75) is 6.92 Å². The van der Waals surface area contributed by atoms with Crippen molar-refractivity contribution < 1.29 is 4.74 Å². The standard InChI is InChI=1S/C19H17ClN6O/c1-3-27-16-8-12(14-10-23-26(2)11-14)4-5-15(16)24-19-22-9-13-6-7-21-18(20)17(13)25-19/h4-11H,3H2,1-2H3,(H,22,24,25). The lowest BCUT2D eigenvalue weighted by Gasteiger charge is -2.13. The van der Waals surface area contributed by atoms with Crippen LogP contribution >= 0.6 is 11.6 Å². The van der Waals surface area contributed by atoms with Crippen molar-refractivity contribution in [1.82, 2.24) is 24.7 Å². The van der Waals surface area contributed by atoms with Crippen LogP contribution < -0.4 is 10.1 Å². The minimum absolute atomic E-state index is 0.343. The number of hydrogen-bond donors (Lipinski definition) is 1. The molecule has 0 saturated heterocycles. The molecule has 4 rings (SSSR count). The Bertz CT molecular complexity index is 1110. The molecule has 0 aliphatic carbocycles. The number of pyridine rings is 1. The third-order valence-electron chi connectivity index (χ3n) is 4.02. The van der Waals surface area contributed by atoms with Gasteiger partial charge in [-0.2, -0.15) is 5.10 Å². The fourth-order valence-corrected chi connectivity index (χ4v) is 2.96. The van der Waals surface area contributed by atoms with E-state index in [1.807, 2.05) is 50.6 Å². The maximum atomic E-state index is 6.14. The van der Waals surface area contributed by atoms with Crippen LogP contribution in [0.1, 0.15) is 6.92 Å². The van der Waals surface area contributed by atoms with E-state index in [0.717, 1.165) is 22.2 Å². The highest BCUT2D eigenvalue weighted by Crippen LogP contribution is 2.32. The minimum Gasteiger partial charge on any atom is -0.492 e. The number of ether oxygens (including phenoxy) is 1. The molecule has 0 amide bonds. The Hall–Kier alpha value is -3.19. The van der Waals surface area contributed by atoms with E-state index in [0.29, 0.717) is 29.0 Å². The van der Waals surface area contributed by atoms with Crippen LogP contribution in [0.3, 0.4) is 0 Å². The zero-order valence-corrected chi connectivity index (χ0v) is 15.6. The lowest BCUT2D eigenvalue weighted by Crippen LogP contribution is -2.01. The molecule has 27 heavy (non-hydrogen) atoms. The zero-order chi connectivity index (χ0) is 18.8. The highest BCUT2D eigenvalue weighted by Gasteiger charge is 2.11. The first kappa shape index (κ1) is 17.2. The molecule has 3 heterocycles. The normalized spacial score (nSPS) is 10.9. The van der Waals surface area contributed by atoms with E-state index in [1.165, 1.54) is 0 Å². The van der Waals surface area contributed by atoms with E-state index < -0.39 is 0 Å². The van der Waals surface area contributed by atoms with Gasteiger partial charge >= 0.3 is 0 Å². The van der Waals surface area contributed by atoms with Crippen molar-refractivity contribution in [3.05, 3.63) is 54.2 Å². The third-order valence-corrected chi connectivity index (χ3v) is 4.30. The molecule has 0 saturated carbocycles. The Morgan fingerprint density at radius 3 is 2.81 bits per heavy atom. The summed E-state index contributed by atoms with van der Waals surface area (Å²) in [6.45, 7) is 2.48. The number of aryl methyl sites for hydroxylation is 1. The maximum absolute atomic E-state index is 6.14. The summed E-state index contributed by atoms with van der Waals surface area (Å²) in [4.78, 5) is 12.9. The second-order valence-electron chi connectivity index (χ2n) is 5.90. The second kappa shape index (κ2) is 7.20. The molecule has 0 aliphatic rings. The molecular weight excluding hydrogens is 364 g/mol. The number of fused-ring (bicyclic) bond motifs is 1. The van der Waals surface area contributed by atoms with Gasteiger partial charge in [0.15, 0.2) is 5.15 Å². The van der Waals surface area contributed by atoms with E-state index in [4.69, 9.17) is 16.3 Å². The quantitative estimate of drug-likeness (QED) is 0.522. The average Bonchev–Trinajstić information content (AvgIpc) is 3.10. The van der Waals surface area contributed by atoms with Gasteiger partial charge in [0.25, 0.3) is 0 Å². The first-order valence-corrected chi connectivity index (χ1v) is 8.82. The first-order valence-electron chi connectivity index (χ1n) is 8.44. The molecule has 0 bridgehead atoms. The number of hydrogen-bond acceptors (Lipinski definition) is 6. The monoisotopic (exact) mass is 380 g/mol. The molecule has 0 unspecified atom stereocenters. The van der Waals surface area contributed by atoms with E-state index in [1.54, 1.807) is 17.1 Å². The lowest BCUT2D eigenvalue weighted by molar-refractivity contribution is 0.342. The number of benzene rings is 1. The molecule has 0 spiro atoms. The smallest absolute Gasteiger partial charge is 0.227 e. The van der Waals surface area contributed by atoms with Crippen LogP contribution in [0.2, 0.25) is 5.15 Å². The van der Waals surface area contributed by atoms with Gasteiger partial charge in [0.1, 0.15) is 11.3 Å². The van der Waals surface area contributed by atoms with Gasteiger partial charge in [-0.3, -0.25) is 4.68 Å². The van der Waals surface area contributed by atoms with Crippen molar-refractivity contribution in [3.63, 3.8) is 0 Å². The fourth-order valence-electron chi connectivity index (χ4n) is 2.75. The summed E-state index contributed by atoms with van der Waals surface area (Å²) in [6, 6.07) is 7.72. The van der Waals surface area contributed by atoms with Gasteiger partial charge in [-0.15, -0.1) is 0 Å². The summed E-state index contributed by atoms with van der Waals surface area (Å²) in [7, 11) is 1.89. The third kappa shape index (κ3) is 3.54. The molecule has 4 aromatic rings. The molecule has 7 nitrogen and oxygen atoms in total. The minimum atomic E-state index is 0.343. The molecule has 0 radical (unpaired) electrons. The predicted molar refractivity (Wildman–Crippen MR) is 105 cm³/mol. The van der Waals surface area contributed by atoms with Crippen molar-refractivity contribution in [1.29, 1.82) is 0 Å². The van der Waals surface area contributed by atoms with Crippen LogP contribution in [0.15, 0.2) is 49.1 Å². The molecule has 3 aromatic heterocycles. The molecule has 8 heteroatoms. The molecule has 0 fully saturated rings. The number of nitrogens with one attached hydrogen (secondary N) is 1. The van der Waals surface area contributed by atoms with Crippen LogP contribution in [-0.4, -0.2) is 31.3 Å². The van der Waals surface area contributed by atoms with Gasteiger partial charge < -0.3 is 10.1 Å². The summed E-state index contributed by atoms with van der Waals surface area (Å²) in [5, 5.41) is 8.60. The molecular formula is C19H17ClN6O. The number of halogens is 1. The summed E-state index contributed by atoms with van der Waals surface area (Å²) in [5.41, 5.74) is 3.40. The molecule has 1 aromatic carbocycles. The van der Waals surface area contributed by atoms with Gasteiger partial charge in [0, 0.05) is 36.6 Å². The van der Waals surface area contributed by atoms with Gasteiger partial charge in [-0.1, -0.05) is 17.7 Å². The van der Waals surface area contributed by atoms with Crippen molar-refractivity contribution in [3.8, 4) is 16.9 Å². The van der Waals surface area contributed by atoms with Gasteiger partial charge in [-0.05, 0) is 30.7 Å². The molecule has 0 aliphatic heterocycles. The van der Waals surface area contributed by atoms with E-state index in [-0.39, 0.29) is 0 Å². The number of rotatable bonds is 5. The average molecular weight is 381 g/mol. The van der Waals surface area contributed by atoms with Crippen molar-refractivity contribution in [2.75, 3.05) is 11.9 Å². The highest BCUT2D eigenvalue weighted by molar-refractivity contribution is 6.33. The summed E-state index contributed by atoms with van der Waals surface area (Å²) in [6.07, 6.45) is 7.12. The lowest BCUT2D eigenvalue weighted by atomic mass is 10.1. The van der Waals surface area contributed by atoms with Gasteiger partial charge in [0.05, 0.1) is 18.5 Å². The maximum Gasteiger partial charge on any atom is 0.227 e. The summed E-state index contributed by atoms with van der Waals surface area (Å²) >= 11 is 6.14. The highest BCUT2D eigenvalue weighted by atomic mass is 35.5. The molecule has 1 N–H and O–H groups in total. The van der Waals surface area contributed by atoms with Gasteiger partial charge in [-0.25, -0.2) is 15.0 Å². The van der Waals surface area contributed by atoms with Crippen molar-refractivity contribution >= 4 is 34.1 Å². The summed E-state index contributed by atoms with van der Waals surface area (Å²) < 4.78 is 7.57. The van der Waals surface area contributed by atoms with Crippen LogP contribution in [0, 0.1) is 0 Å². The SMILES string of the molecule is CCOc1cc(-c2cnn(C)c2)ccc1Nc1ncc2ccnc(Cl)c2n1. The van der Waals surface area contributed by atoms with Crippen molar-refractivity contribution in [2.24, 2.45) is 7.05 Å².